The summed E-state index contributed by atoms with van der Waals surface area (Å²) in [4.78, 5) is 52.1. The number of carbonyl (C=O) groups is 4. The Kier molecular flexibility index (Phi) is 5.44. The summed E-state index contributed by atoms with van der Waals surface area (Å²) in [6, 6.07) is 10.9. The third-order valence-electron chi connectivity index (χ3n) is 7.03. The summed E-state index contributed by atoms with van der Waals surface area (Å²) in [5.74, 6) is -2.31. The fourth-order valence-corrected chi connectivity index (χ4v) is 7.38. The minimum Gasteiger partial charge on any atom is -0.478 e. The van der Waals surface area contributed by atoms with Gasteiger partial charge in [-0.2, -0.15) is 0 Å². The molecule has 3 aliphatic rings. The molecular weight excluding hydrogens is 556 g/mol. The molecular formula is C24H20Br2N2O5. The number of halogens is 2. The molecule has 0 radical (unpaired) electrons. The Labute approximate surface area is 206 Å². The third kappa shape index (κ3) is 3.44. The van der Waals surface area contributed by atoms with Gasteiger partial charge in [-0.1, -0.05) is 37.9 Å². The van der Waals surface area contributed by atoms with Crippen LogP contribution in [0.25, 0.3) is 0 Å². The van der Waals surface area contributed by atoms with Crippen molar-refractivity contribution in [3.8, 4) is 0 Å². The van der Waals surface area contributed by atoms with E-state index in [0.29, 0.717) is 5.69 Å². The van der Waals surface area contributed by atoms with Crippen molar-refractivity contribution >= 4 is 66.9 Å². The van der Waals surface area contributed by atoms with Crippen molar-refractivity contribution in [1.29, 1.82) is 0 Å². The fraction of sp³-hybridized carbons (Fsp3) is 0.333. The number of imide groups is 1. The van der Waals surface area contributed by atoms with Crippen molar-refractivity contribution in [2.75, 3.05) is 10.2 Å². The predicted molar refractivity (Wildman–Crippen MR) is 129 cm³/mol. The van der Waals surface area contributed by atoms with E-state index in [1.807, 2.05) is 0 Å². The van der Waals surface area contributed by atoms with Gasteiger partial charge in [0.15, 0.2) is 0 Å². The summed E-state index contributed by atoms with van der Waals surface area (Å²) in [6.45, 7) is 1.80. The van der Waals surface area contributed by atoms with E-state index in [4.69, 9.17) is 0 Å². The number of rotatable bonds is 4. The van der Waals surface area contributed by atoms with E-state index >= 15 is 0 Å². The SMILES string of the molecule is Cc1ccc(C(=O)O)c(NC(=O)c2ccc(N3C(=O)[C@@H]4[C@H]5C[C@@H]([C@@H](Br)[C@H]5Br)[C@H]4C3=O)cc2)c1. The maximum Gasteiger partial charge on any atom is 0.337 e. The Hall–Kier alpha value is -2.52. The van der Waals surface area contributed by atoms with E-state index in [1.54, 1.807) is 31.2 Å². The van der Waals surface area contributed by atoms with Crippen LogP contribution in [-0.4, -0.2) is 38.5 Å². The number of hydrogen-bond donors (Lipinski definition) is 2. The highest BCUT2D eigenvalue weighted by molar-refractivity contribution is 9.12. The Morgan fingerprint density at radius 2 is 1.55 bits per heavy atom. The van der Waals surface area contributed by atoms with E-state index in [2.05, 4.69) is 37.2 Å². The molecule has 1 saturated heterocycles. The Bertz CT molecular complexity index is 1170. The molecule has 5 rings (SSSR count). The lowest BCUT2D eigenvalue weighted by Crippen LogP contribution is -2.37. The molecule has 6 atom stereocenters. The number of carboxylic acid groups (broad SMARTS) is 1. The van der Waals surface area contributed by atoms with Gasteiger partial charge in [-0.3, -0.25) is 19.3 Å². The van der Waals surface area contributed by atoms with Gasteiger partial charge < -0.3 is 10.4 Å². The number of anilines is 2. The highest BCUT2D eigenvalue weighted by Crippen LogP contribution is 2.60. The molecule has 170 valence electrons. The first-order chi connectivity index (χ1) is 15.7. The summed E-state index contributed by atoms with van der Waals surface area (Å²) in [5.41, 5.74) is 1.74. The summed E-state index contributed by atoms with van der Waals surface area (Å²) < 4.78 is 0. The molecule has 0 spiro atoms. The zero-order valence-electron chi connectivity index (χ0n) is 17.5. The molecule has 1 aliphatic heterocycles. The second-order valence-corrected chi connectivity index (χ2v) is 11.0. The van der Waals surface area contributed by atoms with Crippen molar-refractivity contribution < 1.29 is 24.3 Å². The molecule has 3 fully saturated rings. The lowest BCUT2D eigenvalue weighted by Gasteiger charge is -2.28. The van der Waals surface area contributed by atoms with E-state index in [0.717, 1.165) is 12.0 Å². The monoisotopic (exact) mass is 574 g/mol. The van der Waals surface area contributed by atoms with Gasteiger partial charge in [0.25, 0.3) is 5.91 Å². The van der Waals surface area contributed by atoms with Gasteiger partial charge in [-0.15, -0.1) is 0 Å². The smallest absolute Gasteiger partial charge is 0.337 e. The van der Waals surface area contributed by atoms with Crippen LogP contribution in [0.5, 0.6) is 0 Å². The fourth-order valence-electron chi connectivity index (χ4n) is 5.51. The zero-order chi connectivity index (χ0) is 23.6. The van der Waals surface area contributed by atoms with E-state index in [1.165, 1.54) is 23.1 Å². The van der Waals surface area contributed by atoms with Crippen molar-refractivity contribution in [1.82, 2.24) is 0 Å². The number of carboxylic acids is 1. The second-order valence-electron chi connectivity index (χ2n) is 8.87. The number of aryl methyl sites for hydroxylation is 1. The third-order valence-corrected chi connectivity index (χ3v) is 10.2. The molecule has 2 aromatic rings. The summed E-state index contributed by atoms with van der Waals surface area (Å²) >= 11 is 7.36. The van der Waals surface area contributed by atoms with Gasteiger partial charge in [0.1, 0.15) is 0 Å². The van der Waals surface area contributed by atoms with Crippen molar-refractivity contribution in [2.24, 2.45) is 23.7 Å². The van der Waals surface area contributed by atoms with Crippen molar-refractivity contribution in [2.45, 2.75) is 23.0 Å². The molecule has 7 nitrogen and oxygen atoms in total. The highest BCUT2D eigenvalue weighted by Gasteiger charge is 2.66. The predicted octanol–water partition coefficient (Wildman–Crippen LogP) is 4.23. The molecule has 0 aromatic heterocycles. The van der Waals surface area contributed by atoms with Crippen LogP contribution in [0.15, 0.2) is 42.5 Å². The minimum absolute atomic E-state index is 0.00445. The Balaban J connectivity index is 1.36. The molecule has 1 heterocycles. The van der Waals surface area contributed by atoms with Gasteiger partial charge in [0.05, 0.1) is 28.8 Å². The Morgan fingerprint density at radius 3 is 2.09 bits per heavy atom. The van der Waals surface area contributed by atoms with Crippen molar-refractivity contribution in [3.63, 3.8) is 0 Å². The highest BCUT2D eigenvalue weighted by atomic mass is 79.9. The van der Waals surface area contributed by atoms with Gasteiger partial charge in [0, 0.05) is 15.2 Å². The van der Waals surface area contributed by atoms with Crippen LogP contribution < -0.4 is 10.2 Å². The summed E-state index contributed by atoms with van der Waals surface area (Å²) in [5, 5.41) is 12.0. The molecule has 0 unspecified atom stereocenters. The average molecular weight is 576 g/mol. The molecule has 2 bridgehead atoms. The second kappa shape index (κ2) is 8.06. The van der Waals surface area contributed by atoms with Crippen LogP contribution in [-0.2, 0) is 9.59 Å². The number of carbonyl (C=O) groups excluding carboxylic acids is 3. The minimum atomic E-state index is -1.14. The van der Waals surface area contributed by atoms with Gasteiger partial charge in [-0.05, 0) is 67.1 Å². The van der Waals surface area contributed by atoms with E-state index in [9.17, 15) is 24.3 Å². The standard InChI is InChI=1S/C24H20Br2N2O5/c1-10-2-7-13(24(32)33)16(8-10)27-21(29)11-3-5-12(6-4-11)28-22(30)17-14-9-15(18(17)23(28)31)20(26)19(14)25/h2-8,14-15,17-20H,9H2,1H3,(H,27,29)(H,32,33)/t14-,15-,17-,18-,19-,20+/m1/s1. The van der Waals surface area contributed by atoms with Crippen LogP contribution in [0.2, 0.25) is 0 Å². The van der Waals surface area contributed by atoms with Crippen LogP contribution in [0.3, 0.4) is 0 Å². The number of amides is 3. The topological polar surface area (TPSA) is 104 Å². The number of hydrogen-bond acceptors (Lipinski definition) is 4. The number of aromatic carboxylic acids is 1. The van der Waals surface area contributed by atoms with Crippen molar-refractivity contribution in [3.05, 3.63) is 59.2 Å². The first-order valence-corrected chi connectivity index (χ1v) is 12.4. The average Bonchev–Trinajstić information content (AvgIpc) is 3.38. The first-order valence-electron chi connectivity index (χ1n) is 10.6. The number of alkyl halides is 2. The van der Waals surface area contributed by atoms with Gasteiger partial charge in [0.2, 0.25) is 11.8 Å². The number of fused-ring (bicyclic) bond motifs is 5. The number of nitrogens with zero attached hydrogens (tertiary/aromatic N) is 1. The molecule has 2 aliphatic carbocycles. The maximum atomic E-state index is 13.2. The first kappa shape index (κ1) is 22.3. The van der Waals surface area contributed by atoms with Gasteiger partial charge >= 0.3 is 5.97 Å². The van der Waals surface area contributed by atoms with Crippen LogP contribution in [0, 0.1) is 30.6 Å². The van der Waals surface area contributed by atoms with Crippen LogP contribution in [0.1, 0.15) is 32.7 Å². The molecule has 3 amide bonds. The van der Waals surface area contributed by atoms with Gasteiger partial charge in [-0.25, -0.2) is 4.79 Å². The number of benzene rings is 2. The van der Waals surface area contributed by atoms with E-state index in [-0.39, 0.29) is 62.0 Å². The van der Waals surface area contributed by atoms with Crippen LogP contribution in [0.4, 0.5) is 11.4 Å². The quantitative estimate of drug-likeness (QED) is 0.419. The maximum absolute atomic E-state index is 13.2. The Morgan fingerprint density at radius 1 is 0.970 bits per heavy atom. The zero-order valence-corrected chi connectivity index (χ0v) is 20.7. The van der Waals surface area contributed by atoms with Crippen LogP contribution >= 0.6 is 31.9 Å². The molecule has 2 N–H and O–H groups in total. The molecule has 9 heteroatoms. The summed E-state index contributed by atoms with van der Waals surface area (Å²) in [7, 11) is 0. The largest absolute Gasteiger partial charge is 0.478 e. The lowest BCUT2D eigenvalue weighted by molar-refractivity contribution is -0.123. The normalized spacial score (nSPS) is 30.0. The summed E-state index contributed by atoms with van der Waals surface area (Å²) in [6.07, 6.45) is 0.864. The lowest BCUT2D eigenvalue weighted by atomic mass is 9.81. The molecule has 33 heavy (non-hydrogen) atoms. The molecule has 2 saturated carbocycles. The number of nitrogens with one attached hydrogen (secondary N) is 1. The van der Waals surface area contributed by atoms with E-state index < -0.39 is 11.9 Å². The molecule has 2 aromatic carbocycles.